The highest BCUT2D eigenvalue weighted by atomic mass is 79.9. The van der Waals surface area contributed by atoms with Crippen LogP contribution in [0.2, 0.25) is 0 Å². The van der Waals surface area contributed by atoms with E-state index >= 15 is 0 Å². The normalized spacial score (nSPS) is 35.5. The van der Waals surface area contributed by atoms with Gasteiger partial charge in [0.05, 0.1) is 11.8 Å². The maximum absolute atomic E-state index is 5.59. The van der Waals surface area contributed by atoms with Crippen molar-refractivity contribution in [1.29, 1.82) is 0 Å². The number of nitrogens with zero attached hydrogens (tertiary/aromatic N) is 1. The highest BCUT2D eigenvalue weighted by molar-refractivity contribution is 9.10. The van der Waals surface area contributed by atoms with Crippen LogP contribution in [0.4, 0.5) is 0 Å². The van der Waals surface area contributed by atoms with Gasteiger partial charge in [-0.2, -0.15) is 0 Å². The van der Waals surface area contributed by atoms with Gasteiger partial charge in [-0.15, -0.1) is 0 Å². The average Bonchev–Trinajstić information content (AvgIpc) is 2.97. The molecule has 5 heteroatoms. The SMILES string of the molecule is CO[C@H]1CC[C@]2(CC1)Cc1ccc(Br)cc1C21N=C(C)C(=S)N1. The van der Waals surface area contributed by atoms with Crippen molar-refractivity contribution in [2.45, 2.75) is 50.8 Å². The molecular formula is C18H21BrN2OS. The summed E-state index contributed by atoms with van der Waals surface area (Å²) in [6.07, 6.45) is 5.87. The first-order valence-corrected chi connectivity index (χ1v) is 9.40. The van der Waals surface area contributed by atoms with Gasteiger partial charge in [0, 0.05) is 22.6 Å². The molecule has 0 amide bonds. The molecule has 3 nitrogen and oxygen atoms in total. The van der Waals surface area contributed by atoms with E-state index in [0.717, 1.165) is 47.3 Å². The summed E-state index contributed by atoms with van der Waals surface area (Å²) in [7, 11) is 1.82. The molecule has 1 aliphatic heterocycles. The van der Waals surface area contributed by atoms with Crippen LogP contribution < -0.4 is 5.32 Å². The number of hydrogen-bond acceptors (Lipinski definition) is 3. The van der Waals surface area contributed by atoms with Gasteiger partial charge in [-0.3, -0.25) is 4.99 Å². The molecule has 1 heterocycles. The summed E-state index contributed by atoms with van der Waals surface area (Å²) in [5, 5.41) is 3.62. The van der Waals surface area contributed by atoms with E-state index in [-0.39, 0.29) is 11.1 Å². The molecule has 122 valence electrons. The standard InChI is InChI=1S/C18H21BrN2OS/c1-11-16(23)21-18(20-11)15-9-13(19)4-3-12(15)10-17(18)7-5-14(22-2)6-8-17/h3-4,9,14H,5-8,10H2,1-2H3,(H,21,23)/t14-,17-,18?. The Morgan fingerprint density at radius 1 is 1.35 bits per heavy atom. The Morgan fingerprint density at radius 2 is 2.09 bits per heavy atom. The number of hydrogen-bond donors (Lipinski definition) is 1. The van der Waals surface area contributed by atoms with Gasteiger partial charge in [-0.05, 0) is 56.7 Å². The third-order valence-corrected chi connectivity index (χ3v) is 6.83. The maximum atomic E-state index is 5.59. The summed E-state index contributed by atoms with van der Waals surface area (Å²) in [6, 6.07) is 6.60. The lowest BCUT2D eigenvalue weighted by molar-refractivity contribution is -0.00614. The molecule has 2 aliphatic carbocycles. The quantitative estimate of drug-likeness (QED) is 0.729. The number of fused-ring (bicyclic) bond motifs is 3. The van der Waals surface area contributed by atoms with E-state index in [2.05, 4.69) is 39.4 Å². The molecule has 1 aromatic carbocycles. The maximum Gasteiger partial charge on any atom is 0.162 e. The van der Waals surface area contributed by atoms with Crippen molar-refractivity contribution in [3.8, 4) is 0 Å². The van der Waals surface area contributed by atoms with Gasteiger partial charge < -0.3 is 10.1 Å². The minimum absolute atomic E-state index is 0.104. The molecule has 23 heavy (non-hydrogen) atoms. The Bertz CT molecular complexity index is 709. The Hall–Kier alpha value is -0.780. The zero-order chi connectivity index (χ0) is 16.2. The molecule has 0 aromatic heterocycles. The molecule has 1 atom stereocenters. The van der Waals surface area contributed by atoms with Crippen molar-refractivity contribution in [2.24, 2.45) is 10.4 Å². The van der Waals surface area contributed by atoms with E-state index < -0.39 is 0 Å². The zero-order valence-corrected chi connectivity index (χ0v) is 15.9. The number of ether oxygens (including phenoxy) is 1. The van der Waals surface area contributed by atoms with Gasteiger partial charge in [0.2, 0.25) is 0 Å². The van der Waals surface area contributed by atoms with Crippen molar-refractivity contribution in [1.82, 2.24) is 5.32 Å². The fourth-order valence-electron chi connectivity index (χ4n) is 4.70. The van der Waals surface area contributed by atoms with Crippen molar-refractivity contribution in [3.63, 3.8) is 0 Å². The second kappa shape index (κ2) is 5.36. The second-order valence-electron chi connectivity index (χ2n) is 7.06. The highest BCUT2D eigenvalue weighted by Gasteiger charge is 2.61. The lowest BCUT2D eigenvalue weighted by Gasteiger charge is -2.46. The largest absolute Gasteiger partial charge is 0.381 e. The Morgan fingerprint density at radius 3 is 2.70 bits per heavy atom. The highest BCUT2D eigenvalue weighted by Crippen LogP contribution is 2.59. The topological polar surface area (TPSA) is 33.6 Å². The number of benzene rings is 1. The van der Waals surface area contributed by atoms with E-state index in [9.17, 15) is 0 Å². The fraction of sp³-hybridized carbons (Fsp3) is 0.556. The van der Waals surface area contributed by atoms with Gasteiger partial charge in [-0.1, -0.05) is 34.2 Å². The summed E-state index contributed by atoms with van der Waals surface area (Å²) in [5.41, 5.74) is 3.37. The number of nitrogens with one attached hydrogen (secondary N) is 1. The third-order valence-electron chi connectivity index (χ3n) is 5.94. The van der Waals surface area contributed by atoms with Gasteiger partial charge in [0.1, 0.15) is 4.99 Å². The minimum atomic E-state index is -0.383. The van der Waals surface area contributed by atoms with Gasteiger partial charge in [-0.25, -0.2) is 0 Å². The molecule has 1 unspecified atom stereocenters. The van der Waals surface area contributed by atoms with Crippen LogP contribution in [0, 0.1) is 5.41 Å². The van der Waals surface area contributed by atoms with Crippen LogP contribution in [0.3, 0.4) is 0 Å². The van der Waals surface area contributed by atoms with E-state index in [1.165, 1.54) is 11.1 Å². The first kappa shape index (κ1) is 15.7. The Labute approximate surface area is 151 Å². The minimum Gasteiger partial charge on any atom is -0.381 e. The number of methoxy groups -OCH3 is 1. The predicted molar refractivity (Wildman–Crippen MR) is 100 cm³/mol. The Balaban J connectivity index is 1.84. The number of aliphatic imine (C=N–C) groups is 1. The second-order valence-corrected chi connectivity index (χ2v) is 8.38. The summed E-state index contributed by atoms with van der Waals surface area (Å²) in [5.74, 6) is 0. The zero-order valence-electron chi connectivity index (χ0n) is 13.5. The van der Waals surface area contributed by atoms with Crippen molar-refractivity contribution in [2.75, 3.05) is 7.11 Å². The molecule has 2 spiro atoms. The van der Waals surface area contributed by atoms with Gasteiger partial charge >= 0.3 is 0 Å². The number of thiocarbonyl (C=S) groups is 1. The van der Waals surface area contributed by atoms with E-state index in [0.29, 0.717) is 6.10 Å². The smallest absolute Gasteiger partial charge is 0.162 e. The summed E-state index contributed by atoms with van der Waals surface area (Å²) >= 11 is 9.16. The van der Waals surface area contributed by atoms with Gasteiger partial charge in [0.15, 0.2) is 5.66 Å². The third kappa shape index (κ3) is 2.16. The summed E-state index contributed by atoms with van der Waals surface area (Å²) in [6.45, 7) is 2.02. The molecule has 4 rings (SSSR count). The van der Waals surface area contributed by atoms with E-state index in [1.54, 1.807) is 0 Å². The van der Waals surface area contributed by atoms with Gasteiger partial charge in [0.25, 0.3) is 0 Å². The average molecular weight is 393 g/mol. The molecule has 0 radical (unpaired) electrons. The van der Waals surface area contributed by atoms with Crippen LogP contribution >= 0.6 is 28.1 Å². The fourth-order valence-corrected chi connectivity index (χ4v) is 5.25. The first-order chi connectivity index (χ1) is 11.0. The van der Waals surface area contributed by atoms with Crippen LogP contribution in [-0.4, -0.2) is 23.9 Å². The molecule has 1 aromatic rings. The van der Waals surface area contributed by atoms with E-state index in [1.807, 2.05) is 14.0 Å². The molecule has 3 aliphatic rings. The number of halogens is 1. The Kier molecular flexibility index (Phi) is 3.67. The summed E-state index contributed by atoms with van der Waals surface area (Å²) in [4.78, 5) is 5.91. The molecule has 0 saturated heterocycles. The van der Waals surface area contributed by atoms with Crippen LogP contribution in [-0.2, 0) is 16.8 Å². The molecule has 1 saturated carbocycles. The lowest BCUT2D eigenvalue weighted by atomic mass is 9.65. The van der Waals surface area contributed by atoms with Crippen molar-refractivity contribution < 1.29 is 4.74 Å². The first-order valence-electron chi connectivity index (χ1n) is 8.20. The lowest BCUT2D eigenvalue weighted by Crippen LogP contribution is -2.52. The predicted octanol–water partition coefficient (Wildman–Crippen LogP) is 4.12. The van der Waals surface area contributed by atoms with Crippen LogP contribution in [0.15, 0.2) is 27.7 Å². The monoisotopic (exact) mass is 392 g/mol. The summed E-state index contributed by atoms with van der Waals surface area (Å²) < 4.78 is 6.70. The van der Waals surface area contributed by atoms with Crippen LogP contribution in [0.25, 0.3) is 0 Å². The number of rotatable bonds is 1. The van der Waals surface area contributed by atoms with Crippen LogP contribution in [0.5, 0.6) is 0 Å². The molecule has 1 fully saturated rings. The molecular weight excluding hydrogens is 372 g/mol. The molecule has 1 N–H and O–H groups in total. The van der Waals surface area contributed by atoms with Crippen molar-refractivity contribution in [3.05, 3.63) is 33.8 Å². The molecule has 0 bridgehead atoms. The van der Waals surface area contributed by atoms with Crippen molar-refractivity contribution >= 4 is 38.8 Å². The van der Waals surface area contributed by atoms with E-state index in [4.69, 9.17) is 21.9 Å². The van der Waals surface area contributed by atoms with Crippen LogP contribution in [0.1, 0.15) is 43.7 Å².